The van der Waals surface area contributed by atoms with Crippen LogP contribution in [0.15, 0.2) is 24.3 Å². The van der Waals surface area contributed by atoms with E-state index in [0.717, 1.165) is 31.9 Å². The fourth-order valence-corrected chi connectivity index (χ4v) is 1.59. The van der Waals surface area contributed by atoms with Gasteiger partial charge in [-0.3, -0.25) is 0 Å². The molecule has 19 heavy (non-hydrogen) atoms. The Labute approximate surface area is 116 Å². The van der Waals surface area contributed by atoms with E-state index >= 15 is 0 Å². The highest BCUT2D eigenvalue weighted by atomic mass is 16.5. The van der Waals surface area contributed by atoms with Crippen LogP contribution in [0.5, 0.6) is 5.75 Å². The van der Waals surface area contributed by atoms with Crippen LogP contribution in [0.2, 0.25) is 0 Å². The Morgan fingerprint density at radius 2 is 1.68 bits per heavy atom. The van der Waals surface area contributed by atoms with Crippen molar-refractivity contribution in [2.75, 3.05) is 46.6 Å². The summed E-state index contributed by atoms with van der Waals surface area (Å²) >= 11 is 0. The molecule has 0 radical (unpaired) electrons. The Balaban J connectivity index is 1.95. The van der Waals surface area contributed by atoms with Gasteiger partial charge < -0.3 is 19.5 Å². The van der Waals surface area contributed by atoms with Gasteiger partial charge in [0.15, 0.2) is 0 Å². The molecular weight excluding hydrogens is 242 g/mol. The number of hydrogen-bond donors (Lipinski definition) is 1. The largest absolute Gasteiger partial charge is 0.491 e. The van der Waals surface area contributed by atoms with Crippen LogP contribution >= 0.6 is 0 Å². The Kier molecular flexibility index (Phi) is 9.06. The van der Waals surface area contributed by atoms with E-state index in [9.17, 15) is 0 Å². The number of hydrogen-bond acceptors (Lipinski definition) is 4. The molecule has 0 spiro atoms. The molecule has 0 aliphatic rings. The second kappa shape index (κ2) is 10.8. The van der Waals surface area contributed by atoms with E-state index in [0.29, 0.717) is 19.8 Å². The number of methoxy groups -OCH3 is 1. The van der Waals surface area contributed by atoms with E-state index < -0.39 is 0 Å². The lowest BCUT2D eigenvalue weighted by molar-refractivity contribution is 0.100. The topological polar surface area (TPSA) is 39.7 Å². The third-order valence-electron chi connectivity index (χ3n) is 2.73. The lowest BCUT2D eigenvalue weighted by atomic mass is 10.2. The van der Waals surface area contributed by atoms with E-state index in [-0.39, 0.29) is 0 Å². The maximum Gasteiger partial charge on any atom is 0.119 e. The van der Waals surface area contributed by atoms with Crippen molar-refractivity contribution in [2.24, 2.45) is 0 Å². The minimum absolute atomic E-state index is 0.587. The third kappa shape index (κ3) is 7.82. The van der Waals surface area contributed by atoms with Crippen LogP contribution in [-0.2, 0) is 15.9 Å². The average Bonchev–Trinajstić information content (AvgIpc) is 2.46. The van der Waals surface area contributed by atoms with E-state index in [1.54, 1.807) is 7.11 Å². The maximum atomic E-state index is 5.59. The summed E-state index contributed by atoms with van der Waals surface area (Å²) in [6.45, 7) is 6.48. The predicted molar refractivity (Wildman–Crippen MR) is 76.9 cm³/mol. The summed E-state index contributed by atoms with van der Waals surface area (Å²) in [6, 6.07) is 8.20. The summed E-state index contributed by atoms with van der Waals surface area (Å²) in [5.74, 6) is 0.902. The molecule has 0 heterocycles. The van der Waals surface area contributed by atoms with Crippen molar-refractivity contribution < 1.29 is 14.2 Å². The first kappa shape index (κ1) is 16.0. The second-order valence-corrected chi connectivity index (χ2v) is 4.20. The zero-order valence-corrected chi connectivity index (χ0v) is 12.0. The first-order chi connectivity index (χ1) is 9.36. The molecule has 0 amide bonds. The maximum absolute atomic E-state index is 5.59. The number of nitrogens with one attached hydrogen (secondary N) is 1. The van der Waals surface area contributed by atoms with Gasteiger partial charge in [0.05, 0.1) is 19.8 Å². The fraction of sp³-hybridized carbons (Fsp3) is 0.600. The van der Waals surface area contributed by atoms with Gasteiger partial charge in [-0.05, 0) is 24.1 Å². The summed E-state index contributed by atoms with van der Waals surface area (Å²) in [5.41, 5.74) is 1.32. The quantitative estimate of drug-likeness (QED) is 0.621. The lowest BCUT2D eigenvalue weighted by Gasteiger charge is -2.08. The lowest BCUT2D eigenvalue weighted by Crippen LogP contribution is -2.24. The minimum Gasteiger partial charge on any atom is -0.491 e. The molecule has 1 rings (SSSR count). The van der Waals surface area contributed by atoms with E-state index in [1.807, 2.05) is 12.1 Å². The SMILES string of the molecule is CCc1ccc(OCCOCCNCCOC)cc1. The van der Waals surface area contributed by atoms with Gasteiger partial charge >= 0.3 is 0 Å². The van der Waals surface area contributed by atoms with E-state index in [2.05, 4.69) is 24.4 Å². The number of rotatable bonds is 11. The molecule has 0 fully saturated rings. The predicted octanol–water partition coefficient (Wildman–Crippen LogP) is 1.88. The normalized spacial score (nSPS) is 10.6. The van der Waals surface area contributed by atoms with Crippen molar-refractivity contribution >= 4 is 0 Å². The Morgan fingerprint density at radius 1 is 0.947 bits per heavy atom. The smallest absolute Gasteiger partial charge is 0.119 e. The first-order valence-electron chi connectivity index (χ1n) is 6.86. The number of aryl methyl sites for hydroxylation is 1. The highest BCUT2D eigenvalue weighted by Crippen LogP contribution is 2.12. The summed E-state index contributed by atoms with van der Waals surface area (Å²) < 4.78 is 16.0. The summed E-state index contributed by atoms with van der Waals surface area (Å²) in [6.07, 6.45) is 1.06. The molecular formula is C15H25NO3. The Bertz CT molecular complexity index is 314. The first-order valence-corrected chi connectivity index (χ1v) is 6.86. The van der Waals surface area contributed by atoms with Gasteiger partial charge in [0.25, 0.3) is 0 Å². The van der Waals surface area contributed by atoms with Gasteiger partial charge in [-0.2, -0.15) is 0 Å². The van der Waals surface area contributed by atoms with Crippen molar-refractivity contribution in [3.63, 3.8) is 0 Å². The average molecular weight is 267 g/mol. The van der Waals surface area contributed by atoms with Gasteiger partial charge in [-0.15, -0.1) is 0 Å². The summed E-state index contributed by atoms with van der Waals surface area (Å²) in [5, 5.41) is 3.22. The molecule has 4 nitrogen and oxygen atoms in total. The van der Waals surface area contributed by atoms with Gasteiger partial charge in [0, 0.05) is 20.2 Å². The minimum atomic E-state index is 0.587. The van der Waals surface area contributed by atoms with Crippen molar-refractivity contribution in [1.82, 2.24) is 5.32 Å². The zero-order chi connectivity index (χ0) is 13.8. The molecule has 0 aliphatic carbocycles. The Hall–Kier alpha value is -1.10. The fourth-order valence-electron chi connectivity index (χ4n) is 1.59. The molecule has 108 valence electrons. The van der Waals surface area contributed by atoms with Crippen molar-refractivity contribution in [3.05, 3.63) is 29.8 Å². The third-order valence-corrected chi connectivity index (χ3v) is 2.73. The summed E-state index contributed by atoms with van der Waals surface area (Å²) in [4.78, 5) is 0. The van der Waals surface area contributed by atoms with Crippen LogP contribution in [0, 0.1) is 0 Å². The van der Waals surface area contributed by atoms with Crippen LogP contribution in [0.4, 0.5) is 0 Å². The molecule has 0 aromatic heterocycles. The molecule has 1 N–H and O–H groups in total. The van der Waals surface area contributed by atoms with E-state index in [4.69, 9.17) is 14.2 Å². The molecule has 1 aromatic rings. The molecule has 1 aromatic carbocycles. The monoisotopic (exact) mass is 267 g/mol. The molecule has 0 unspecified atom stereocenters. The number of ether oxygens (including phenoxy) is 3. The van der Waals surface area contributed by atoms with Crippen LogP contribution in [0.1, 0.15) is 12.5 Å². The highest BCUT2D eigenvalue weighted by Gasteiger charge is 1.94. The van der Waals surface area contributed by atoms with Gasteiger partial charge in [0.2, 0.25) is 0 Å². The van der Waals surface area contributed by atoms with Crippen molar-refractivity contribution in [1.29, 1.82) is 0 Å². The standard InChI is InChI=1S/C15H25NO3/c1-3-14-4-6-15(7-5-14)19-13-12-18-11-9-16-8-10-17-2/h4-7,16H,3,8-13H2,1-2H3. The van der Waals surface area contributed by atoms with Crippen molar-refractivity contribution in [2.45, 2.75) is 13.3 Å². The number of benzene rings is 1. The zero-order valence-electron chi connectivity index (χ0n) is 12.0. The molecule has 0 bridgehead atoms. The molecule has 0 saturated carbocycles. The molecule has 4 heteroatoms. The molecule has 0 saturated heterocycles. The van der Waals surface area contributed by atoms with Gasteiger partial charge in [-0.25, -0.2) is 0 Å². The Morgan fingerprint density at radius 3 is 2.37 bits per heavy atom. The van der Waals surface area contributed by atoms with Crippen LogP contribution < -0.4 is 10.1 Å². The second-order valence-electron chi connectivity index (χ2n) is 4.20. The highest BCUT2D eigenvalue weighted by molar-refractivity contribution is 5.27. The van der Waals surface area contributed by atoms with E-state index in [1.165, 1.54) is 5.56 Å². The van der Waals surface area contributed by atoms with Crippen LogP contribution in [0.25, 0.3) is 0 Å². The summed E-state index contributed by atoms with van der Waals surface area (Å²) in [7, 11) is 1.70. The van der Waals surface area contributed by atoms with Crippen molar-refractivity contribution in [3.8, 4) is 5.75 Å². The molecule has 0 aliphatic heterocycles. The van der Waals surface area contributed by atoms with Gasteiger partial charge in [-0.1, -0.05) is 19.1 Å². The molecule has 0 atom stereocenters. The van der Waals surface area contributed by atoms with Gasteiger partial charge in [0.1, 0.15) is 12.4 Å². The van der Waals surface area contributed by atoms with Crippen LogP contribution in [-0.4, -0.2) is 46.6 Å². The van der Waals surface area contributed by atoms with Crippen LogP contribution in [0.3, 0.4) is 0 Å².